The van der Waals surface area contributed by atoms with Gasteiger partial charge in [0.05, 0.1) is 6.61 Å². The maximum atomic E-state index is 5.89. The topological polar surface area (TPSA) is 35.0 Å². The number of alkyl halides is 1. The number of ether oxygens (including phenoxy) is 1. The predicted molar refractivity (Wildman–Crippen MR) is 57.0 cm³/mol. The zero-order valence-electron chi connectivity index (χ0n) is 8.75. The van der Waals surface area contributed by atoms with Crippen molar-refractivity contribution in [3.05, 3.63) is 17.6 Å². The van der Waals surface area contributed by atoms with Gasteiger partial charge in [-0.05, 0) is 20.8 Å². The molecule has 0 aliphatic heterocycles. The summed E-state index contributed by atoms with van der Waals surface area (Å²) in [7, 11) is 0. The molecule has 4 heteroatoms. The Labute approximate surface area is 89.5 Å². The molecule has 0 N–H and O–H groups in total. The first-order valence-corrected chi connectivity index (χ1v) is 5.17. The number of aromatic nitrogens is 2. The maximum absolute atomic E-state index is 5.89. The van der Waals surface area contributed by atoms with Crippen LogP contribution in [0.25, 0.3) is 0 Å². The van der Waals surface area contributed by atoms with Gasteiger partial charge in [-0.1, -0.05) is 0 Å². The Morgan fingerprint density at radius 1 is 1.50 bits per heavy atom. The van der Waals surface area contributed by atoms with Crippen molar-refractivity contribution in [2.45, 2.75) is 32.6 Å². The minimum atomic E-state index is 0.0822. The number of nitrogens with zero attached hydrogens (tertiary/aromatic N) is 2. The van der Waals surface area contributed by atoms with Gasteiger partial charge in [-0.25, -0.2) is 4.98 Å². The molecule has 14 heavy (non-hydrogen) atoms. The van der Waals surface area contributed by atoms with Gasteiger partial charge < -0.3 is 4.74 Å². The molecule has 0 saturated carbocycles. The van der Waals surface area contributed by atoms with Gasteiger partial charge in [0.15, 0.2) is 0 Å². The van der Waals surface area contributed by atoms with E-state index in [1.807, 2.05) is 26.8 Å². The zero-order valence-corrected chi connectivity index (χ0v) is 9.51. The minimum absolute atomic E-state index is 0.0822. The lowest BCUT2D eigenvalue weighted by atomic mass is 10.2. The Morgan fingerprint density at radius 2 is 2.21 bits per heavy atom. The fourth-order valence-electron chi connectivity index (χ4n) is 1.21. The van der Waals surface area contributed by atoms with Gasteiger partial charge in [0.2, 0.25) is 5.88 Å². The lowest BCUT2D eigenvalue weighted by Gasteiger charge is -2.07. The van der Waals surface area contributed by atoms with Gasteiger partial charge in [-0.15, -0.1) is 11.6 Å². The van der Waals surface area contributed by atoms with Gasteiger partial charge in [0.25, 0.3) is 0 Å². The van der Waals surface area contributed by atoms with Crippen LogP contribution < -0.4 is 4.74 Å². The molecular weight excluding hydrogens is 200 g/mol. The van der Waals surface area contributed by atoms with E-state index in [9.17, 15) is 0 Å². The summed E-state index contributed by atoms with van der Waals surface area (Å²) in [6.45, 7) is 6.35. The normalized spacial score (nSPS) is 12.6. The highest BCUT2D eigenvalue weighted by molar-refractivity contribution is 6.20. The molecule has 0 aliphatic rings. The molecule has 1 unspecified atom stereocenters. The smallest absolute Gasteiger partial charge is 0.216 e. The summed E-state index contributed by atoms with van der Waals surface area (Å²) in [6, 6.07) is 1.84. The number of rotatable bonds is 4. The summed E-state index contributed by atoms with van der Waals surface area (Å²) in [4.78, 5) is 8.44. The van der Waals surface area contributed by atoms with Crippen LogP contribution in [0, 0.1) is 6.92 Å². The average molecular weight is 215 g/mol. The van der Waals surface area contributed by atoms with Crippen molar-refractivity contribution in [2.75, 3.05) is 6.61 Å². The van der Waals surface area contributed by atoms with Crippen LogP contribution in [0.4, 0.5) is 0 Å². The van der Waals surface area contributed by atoms with E-state index in [1.165, 1.54) is 0 Å². The lowest BCUT2D eigenvalue weighted by Crippen LogP contribution is -2.04. The first-order valence-electron chi connectivity index (χ1n) is 4.73. The predicted octanol–water partition coefficient (Wildman–Crippen LogP) is 2.35. The van der Waals surface area contributed by atoms with Gasteiger partial charge >= 0.3 is 0 Å². The van der Waals surface area contributed by atoms with Crippen LogP contribution in [-0.4, -0.2) is 22.0 Å². The quantitative estimate of drug-likeness (QED) is 0.722. The molecule has 3 nitrogen and oxygen atoms in total. The van der Waals surface area contributed by atoms with E-state index in [4.69, 9.17) is 16.3 Å². The molecule has 0 aromatic carbocycles. The minimum Gasteiger partial charge on any atom is -0.478 e. The number of halogens is 1. The Kier molecular flexibility index (Phi) is 4.14. The average Bonchev–Trinajstić information content (AvgIpc) is 2.01. The maximum Gasteiger partial charge on any atom is 0.216 e. The summed E-state index contributed by atoms with van der Waals surface area (Å²) in [5.74, 6) is 1.36. The summed E-state index contributed by atoms with van der Waals surface area (Å²) >= 11 is 5.89. The van der Waals surface area contributed by atoms with Gasteiger partial charge in [-0.3, -0.25) is 0 Å². The molecule has 1 rings (SSSR count). The van der Waals surface area contributed by atoms with E-state index < -0.39 is 0 Å². The van der Waals surface area contributed by atoms with Crippen molar-refractivity contribution >= 4 is 11.6 Å². The van der Waals surface area contributed by atoms with Gasteiger partial charge in [0.1, 0.15) is 5.82 Å². The first-order chi connectivity index (χ1) is 6.61. The molecule has 0 saturated heterocycles. The van der Waals surface area contributed by atoms with Crippen molar-refractivity contribution in [3.63, 3.8) is 0 Å². The Balaban J connectivity index is 2.83. The fourth-order valence-corrected chi connectivity index (χ4v) is 1.37. The van der Waals surface area contributed by atoms with E-state index in [1.54, 1.807) is 0 Å². The van der Waals surface area contributed by atoms with Crippen LogP contribution in [0.15, 0.2) is 6.07 Å². The molecule has 0 radical (unpaired) electrons. The van der Waals surface area contributed by atoms with Crippen molar-refractivity contribution in [2.24, 2.45) is 0 Å². The molecule has 0 amide bonds. The molecule has 1 atom stereocenters. The second-order valence-electron chi connectivity index (χ2n) is 3.16. The van der Waals surface area contributed by atoms with Crippen LogP contribution >= 0.6 is 11.6 Å². The van der Waals surface area contributed by atoms with Crippen molar-refractivity contribution in [3.8, 4) is 5.88 Å². The Bertz CT molecular complexity index is 302. The van der Waals surface area contributed by atoms with E-state index in [2.05, 4.69) is 9.97 Å². The van der Waals surface area contributed by atoms with Crippen LogP contribution in [0.2, 0.25) is 0 Å². The molecule has 78 valence electrons. The van der Waals surface area contributed by atoms with E-state index in [-0.39, 0.29) is 5.38 Å². The van der Waals surface area contributed by atoms with Crippen LogP contribution in [-0.2, 0) is 6.42 Å². The van der Waals surface area contributed by atoms with Crippen LogP contribution in [0.3, 0.4) is 0 Å². The summed E-state index contributed by atoms with van der Waals surface area (Å²) in [5.41, 5.74) is 0.934. The third-order valence-electron chi connectivity index (χ3n) is 1.65. The highest BCUT2D eigenvalue weighted by atomic mass is 35.5. The lowest BCUT2D eigenvalue weighted by molar-refractivity contribution is 0.324. The van der Waals surface area contributed by atoms with E-state index >= 15 is 0 Å². The molecule has 1 aromatic heterocycles. The van der Waals surface area contributed by atoms with Crippen LogP contribution in [0.5, 0.6) is 5.88 Å². The first kappa shape index (κ1) is 11.2. The van der Waals surface area contributed by atoms with Crippen molar-refractivity contribution < 1.29 is 4.74 Å². The molecule has 0 bridgehead atoms. The third kappa shape index (κ3) is 3.50. The molecular formula is C10H15ClN2O. The van der Waals surface area contributed by atoms with E-state index in [0.29, 0.717) is 12.5 Å². The SMILES string of the molecule is CCOc1cc(CC(C)Cl)nc(C)n1. The van der Waals surface area contributed by atoms with Crippen molar-refractivity contribution in [1.82, 2.24) is 9.97 Å². The highest BCUT2D eigenvalue weighted by Gasteiger charge is 2.05. The standard InChI is InChI=1S/C10H15ClN2O/c1-4-14-10-6-9(5-7(2)11)12-8(3)13-10/h6-7H,4-5H2,1-3H3. The largest absolute Gasteiger partial charge is 0.478 e. The molecule has 1 aromatic rings. The fraction of sp³-hybridized carbons (Fsp3) is 0.600. The molecule has 0 aliphatic carbocycles. The number of hydrogen-bond donors (Lipinski definition) is 0. The van der Waals surface area contributed by atoms with Gasteiger partial charge in [-0.2, -0.15) is 4.98 Å². The van der Waals surface area contributed by atoms with Crippen LogP contribution in [0.1, 0.15) is 25.4 Å². The zero-order chi connectivity index (χ0) is 10.6. The third-order valence-corrected chi connectivity index (χ3v) is 1.80. The molecule has 1 heterocycles. The highest BCUT2D eigenvalue weighted by Crippen LogP contribution is 2.12. The summed E-state index contributed by atoms with van der Waals surface area (Å²) in [5, 5.41) is 0.0822. The Hall–Kier alpha value is -0.830. The number of hydrogen-bond acceptors (Lipinski definition) is 3. The second-order valence-corrected chi connectivity index (χ2v) is 3.91. The molecule has 0 spiro atoms. The Morgan fingerprint density at radius 3 is 2.79 bits per heavy atom. The summed E-state index contributed by atoms with van der Waals surface area (Å²) in [6.07, 6.45) is 0.741. The van der Waals surface area contributed by atoms with Crippen molar-refractivity contribution in [1.29, 1.82) is 0 Å². The van der Waals surface area contributed by atoms with Gasteiger partial charge in [0, 0.05) is 23.6 Å². The number of aryl methyl sites for hydroxylation is 1. The molecule has 0 fully saturated rings. The second kappa shape index (κ2) is 5.15. The monoisotopic (exact) mass is 214 g/mol. The summed E-state index contributed by atoms with van der Waals surface area (Å²) < 4.78 is 5.31. The van der Waals surface area contributed by atoms with E-state index in [0.717, 1.165) is 17.9 Å².